The van der Waals surface area contributed by atoms with Crippen molar-refractivity contribution in [3.63, 3.8) is 0 Å². The Balaban J connectivity index is 1.49. The number of hydrogen-bond acceptors (Lipinski definition) is 4. The van der Waals surface area contributed by atoms with Gasteiger partial charge in [-0.2, -0.15) is 0 Å². The largest absolute Gasteiger partial charge is 0.481 e. The first kappa shape index (κ1) is 24.8. The van der Waals surface area contributed by atoms with Gasteiger partial charge in [-0.05, 0) is 111 Å². The van der Waals surface area contributed by atoms with Crippen LogP contribution in [-0.4, -0.2) is 34.4 Å². The summed E-state index contributed by atoms with van der Waals surface area (Å²) in [6, 6.07) is 0. The highest BCUT2D eigenvalue weighted by Crippen LogP contribution is 2.68. The Morgan fingerprint density at radius 1 is 1.09 bits per heavy atom. The van der Waals surface area contributed by atoms with Crippen LogP contribution in [0.2, 0.25) is 0 Å². The van der Waals surface area contributed by atoms with Crippen molar-refractivity contribution in [3.8, 4) is 0 Å². The zero-order chi connectivity index (χ0) is 24.1. The predicted molar refractivity (Wildman–Crippen MR) is 127 cm³/mol. The predicted octanol–water partition coefficient (Wildman–Crippen LogP) is 5.60. The number of carbonyl (C=O) groups excluding carboxylic acids is 1. The summed E-state index contributed by atoms with van der Waals surface area (Å²) in [7, 11) is 0. The minimum Gasteiger partial charge on any atom is -0.481 e. The van der Waals surface area contributed by atoms with Crippen LogP contribution in [0.15, 0.2) is 12.2 Å². The van der Waals surface area contributed by atoms with Gasteiger partial charge in [0.15, 0.2) is 0 Å². The topological polar surface area (TPSA) is 83.8 Å². The van der Waals surface area contributed by atoms with E-state index in [1.807, 2.05) is 0 Å². The lowest BCUT2D eigenvalue weighted by molar-refractivity contribution is -0.180. The number of carbonyl (C=O) groups is 2. The molecule has 0 heterocycles. The van der Waals surface area contributed by atoms with Crippen LogP contribution in [0.4, 0.5) is 0 Å². The molecule has 4 saturated carbocycles. The second kappa shape index (κ2) is 9.02. The fraction of sp³-hybridized carbons (Fsp3) is 0.857. The van der Waals surface area contributed by atoms with Gasteiger partial charge in [0.2, 0.25) is 0 Å². The number of fused-ring (bicyclic) bond motifs is 5. The molecule has 10 atom stereocenters. The molecule has 2 N–H and O–H groups in total. The Hall–Kier alpha value is -1.36. The average molecular weight is 461 g/mol. The summed E-state index contributed by atoms with van der Waals surface area (Å²) in [5.74, 6) is 1.98. The van der Waals surface area contributed by atoms with Gasteiger partial charge in [0.05, 0.1) is 6.10 Å². The van der Waals surface area contributed by atoms with E-state index in [9.17, 15) is 14.7 Å². The van der Waals surface area contributed by atoms with Gasteiger partial charge in [0, 0.05) is 12.0 Å². The number of rotatable bonds is 6. The Morgan fingerprint density at radius 2 is 1.82 bits per heavy atom. The molecule has 0 bridgehead atoms. The number of ether oxygens (including phenoxy) is 1. The number of hydrogen-bond donors (Lipinski definition) is 2. The van der Waals surface area contributed by atoms with E-state index in [2.05, 4.69) is 27.4 Å². The fourth-order valence-corrected chi connectivity index (χ4v) is 9.05. The van der Waals surface area contributed by atoms with Crippen molar-refractivity contribution in [2.75, 3.05) is 0 Å². The molecule has 0 aliphatic heterocycles. The lowest BCUT2D eigenvalue weighted by Crippen LogP contribution is -2.59. The summed E-state index contributed by atoms with van der Waals surface area (Å²) in [6.07, 6.45) is 9.02. The van der Waals surface area contributed by atoms with Crippen molar-refractivity contribution < 1.29 is 24.5 Å². The van der Waals surface area contributed by atoms with E-state index in [1.165, 1.54) is 12.8 Å². The van der Waals surface area contributed by atoms with Crippen LogP contribution in [0, 0.1) is 46.3 Å². The molecule has 0 aromatic carbocycles. The molecule has 0 radical (unpaired) electrons. The van der Waals surface area contributed by atoms with E-state index in [0.717, 1.165) is 38.5 Å². The van der Waals surface area contributed by atoms with Crippen LogP contribution in [0.1, 0.15) is 91.9 Å². The quantitative estimate of drug-likeness (QED) is 0.398. The Bertz CT molecular complexity index is 791. The zero-order valence-corrected chi connectivity index (χ0v) is 21.0. The van der Waals surface area contributed by atoms with Crippen LogP contribution in [-0.2, 0) is 14.3 Å². The molecular formula is C28H44O5. The van der Waals surface area contributed by atoms with Gasteiger partial charge in [-0.3, -0.25) is 4.79 Å². The average Bonchev–Trinajstić information content (AvgIpc) is 3.11. The lowest BCUT2D eigenvalue weighted by atomic mass is 9.43. The van der Waals surface area contributed by atoms with E-state index in [1.54, 1.807) is 6.92 Å². The molecule has 4 fully saturated rings. The molecule has 4 aliphatic rings. The van der Waals surface area contributed by atoms with Crippen LogP contribution in [0.25, 0.3) is 0 Å². The first-order chi connectivity index (χ1) is 15.5. The number of aliphatic hydroxyl groups is 1. The molecule has 186 valence electrons. The van der Waals surface area contributed by atoms with Gasteiger partial charge in [-0.15, -0.1) is 0 Å². The summed E-state index contributed by atoms with van der Waals surface area (Å²) in [5, 5.41) is 20.8. The smallest absolute Gasteiger partial charge is 0.333 e. The van der Waals surface area contributed by atoms with Crippen molar-refractivity contribution in [2.24, 2.45) is 46.3 Å². The van der Waals surface area contributed by atoms with Crippen molar-refractivity contribution in [3.05, 3.63) is 12.2 Å². The SMILES string of the molecule is C=C(C)C(=O)OC1CCC2(C)C(CCC3C2CC(O)C2(C)C(C(C)CCC(=O)O)CCC32)C1. The molecule has 10 unspecified atom stereocenters. The molecule has 5 heteroatoms. The molecule has 5 nitrogen and oxygen atoms in total. The normalized spacial score (nSPS) is 45.3. The van der Waals surface area contributed by atoms with Gasteiger partial charge in [0.25, 0.3) is 0 Å². The van der Waals surface area contributed by atoms with Gasteiger partial charge in [0.1, 0.15) is 6.10 Å². The lowest BCUT2D eigenvalue weighted by Gasteiger charge is -2.62. The number of aliphatic carboxylic acids is 1. The van der Waals surface area contributed by atoms with Gasteiger partial charge in [-0.25, -0.2) is 4.79 Å². The second-order valence-corrected chi connectivity index (χ2v) is 12.5. The van der Waals surface area contributed by atoms with Crippen molar-refractivity contribution in [2.45, 2.75) is 104 Å². The fourth-order valence-electron chi connectivity index (χ4n) is 9.05. The summed E-state index contributed by atoms with van der Waals surface area (Å²) in [6.45, 7) is 12.4. The Labute approximate surface area is 199 Å². The third-order valence-electron chi connectivity index (χ3n) is 10.9. The number of carboxylic acids is 1. The van der Waals surface area contributed by atoms with E-state index < -0.39 is 5.97 Å². The van der Waals surface area contributed by atoms with Gasteiger partial charge < -0.3 is 14.9 Å². The van der Waals surface area contributed by atoms with Gasteiger partial charge in [-0.1, -0.05) is 27.4 Å². The maximum Gasteiger partial charge on any atom is 0.333 e. The third kappa shape index (κ3) is 4.17. The molecule has 0 saturated heterocycles. The van der Waals surface area contributed by atoms with Crippen LogP contribution in [0.5, 0.6) is 0 Å². The molecular weight excluding hydrogens is 416 g/mol. The number of carboxylic acid groups (broad SMARTS) is 1. The van der Waals surface area contributed by atoms with Crippen molar-refractivity contribution in [1.29, 1.82) is 0 Å². The molecule has 0 spiro atoms. The summed E-state index contributed by atoms with van der Waals surface area (Å²) < 4.78 is 5.74. The van der Waals surface area contributed by atoms with Gasteiger partial charge >= 0.3 is 11.9 Å². The molecule has 4 aliphatic carbocycles. The first-order valence-electron chi connectivity index (χ1n) is 13.2. The minimum atomic E-state index is -0.721. The number of esters is 1. The Kier molecular flexibility index (Phi) is 6.76. The third-order valence-corrected chi connectivity index (χ3v) is 10.9. The second-order valence-electron chi connectivity index (χ2n) is 12.5. The van der Waals surface area contributed by atoms with Crippen LogP contribution in [0.3, 0.4) is 0 Å². The summed E-state index contributed by atoms with van der Waals surface area (Å²) in [5.41, 5.74) is 0.566. The first-order valence-corrected chi connectivity index (χ1v) is 13.2. The van der Waals surface area contributed by atoms with E-state index in [0.29, 0.717) is 47.5 Å². The molecule has 0 aromatic heterocycles. The molecule has 4 rings (SSSR count). The van der Waals surface area contributed by atoms with E-state index in [4.69, 9.17) is 9.84 Å². The van der Waals surface area contributed by atoms with Crippen LogP contribution >= 0.6 is 0 Å². The van der Waals surface area contributed by atoms with E-state index in [-0.39, 0.29) is 35.4 Å². The molecule has 0 amide bonds. The molecule has 33 heavy (non-hydrogen) atoms. The van der Waals surface area contributed by atoms with Crippen LogP contribution < -0.4 is 0 Å². The standard InChI is InChI=1S/C28H44O5/c1-16(2)26(32)33-19-12-13-27(4)18(14-19)7-8-20-22-10-9-21(17(3)6-11-25(30)31)28(22,5)24(29)15-23(20)27/h17-24,29H,1,6-15H2,2-5H3,(H,30,31). The van der Waals surface area contributed by atoms with E-state index >= 15 is 0 Å². The highest BCUT2D eigenvalue weighted by Gasteiger charge is 2.63. The van der Waals surface area contributed by atoms with Crippen molar-refractivity contribution >= 4 is 11.9 Å². The Morgan fingerprint density at radius 3 is 2.48 bits per heavy atom. The zero-order valence-electron chi connectivity index (χ0n) is 21.0. The van der Waals surface area contributed by atoms with Crippen molar-refractivity contribution in [1.82, 2.24) is 0 Å². The maximum absolute atomic E-state index is 12.1. The maximum atomic E-state index is 12.1. The summed E-state index contributed by atoms with van der Waals surface area (Å²) >= 11 is 0. The number of aliphatic hydroxyl groups excluding tert-OH is 1. The monoisotopic (exact) mass is 460 g/mol. The highest BCUT2D eigenvalue weighted by atomic mass is 16.5. The summed E-state index contributed by atoms with van der Waals surface area (Å²) in [4.78, 5) is 23.2. The minimum absolute atomic E-state index is 0.00597. The highest BCUT2D eigenvalue weighted by molar-refractivity contribution is 5.87. The molecule has 0 aromatic rings.